The maximum absolute atomic E-state index is 11.6. The molecule has 1 aromatic carbocycles. The summed E-state index contributed by atoms with van der Waals surface area (Å²) in [6, 6.07) is 9.76. The van der Waals surface area contributed by atoms with Gasteiger partial charge in [0.1, 0.15) is 11.5 Å². The third-order valence-corrected chi connectivity index (χ3v) is 3.41. The fraction of sp³-hybridized carbons (Fsp3) is 0.312. The van der Waals surface area contributed by atoms with Gasteiger partial charge in [0.25, 0.3) is 5.91 Å². The monoisotopic (exact) mass is 286 g/mol. The van der Waals surface area contributed by atoms with Crippen molar-refractivity contribution >= 4 is 17.3 Å². The summed E-state index contributed by atoms with van der Waals surface area (Å²) in [5.74, 6) is 1.52. The quantitative estimate of drug-likeness (QED) is 0.906. The molecule has 0 spiro atoms. The highest BCUT2D eigenvalue weighted by Gasteiger charge is 2.23. The minimum atomic E-state index is -0.450. The van der Waals surface area contributed by atoms with Gasteiger partial charge in [0.2, 0.25) is 0 Å². The Hall–Kier alpha value is -2.43. The Labute approximate surface area is 123 Å². The second kappa shape index (κ2) is 5.52. The smallest absolute Gasteiger partial charge is 0.265 e. The van der Waals surface area contributed by atoms with Crippen molar-refractivity contribution in [3.63, 3.8) is 0 Å². The molecule has 3 rings (SSSR count). The molecular weight excluding hydrogens is 268 g/mol. The van der Waals surface area contributed by atoms with Crippen LogP contribution in [0.15, 0.2) is 41.0 Å². The molecule has 1 aromatic heterocycles. The molecule has 0 fully saturated rings. The predicted molar refractivity (Wildman–Crippen MR) is 80.7 cm³/mol. The van der Waals surface area contributed by atoms with Crippen LogP contribution < -0.4 is 15.4 Å². The number of fused-ring (bicyclic) bond motifs is 1. The lowest BCUT2D eigenvalue weighted by Crippen LogP contribution is -2.34. The molecule has 2 heterocycles. The van der Waals surface area contributed by atoms with E-state index in [0.29, 0.717) is 11.4 Å². The Balaban J connectivity index is 1.69. The molecule has 0 bridgehead atoms. The van der Waals surface area contributed by atoms with Crippen LogP contribution in [0.5, 0.6) is 5.75 Å². The van der Waals surface area contributed by atoms with E-state index in [2.05, 4.69) is 17.6 Å². The number of ether oxygens (including phenoxy) is 1. The standard InChI is InChI=1S/C16H18N2O3/c1-10(8-13-4-3-7-20-13)17-12-5-6-15-14(9-12)18-16(19)11(2)21-15/h3-7,9-11,17H,8H2,1-2H3,(H,18,19). The number of hydrogen-bond acceptors (Lipinski definition) is 4. The first-order valence-corrected chi connectivity index (χ1v) is 7.02. The van der Waals surface area contributed by atoms with Crippen LogP contribution in [0.1, 0.15) is 19.6 Å². The van der Waals surface area contributed by atoms with Gasteiger partial charge in [-0.25, -0.2) is 0 Å². The van der Waals surface area contributed by atoms with Gasteiger partial charge >= 0.3 is 0 Å². The summed E-state index contributed by atoms with van der Waals surface area (Å²) in [5.41, 5.74) is 1.64. The van der Waals surface area contributed by atoms with Crippen molar-refractivity contribution in [3.8, 4) is 5.75 Å². The Kier molecular flexibility index (Phi) is 3.56. The Morgan fingerprint density at radius 3 is 3.00 bits per heavy atom. The van der Waals surface area contributed by atoms with Gasteiger partial charge in [-0.05, 0) is 44.2 Å². The van der Waals surface area contributed by atoms with Crippen LogP contribution in [0.25, 0.3) is 0 Å². The van der Waals surface area contributed by atoms with Crippen molar-refractivity contribution in [2.24, 2.45) is 0 Å². The van der Waals surface area contributed by atoms with Gasteiger partial charge in [-0.1, -0.05) is 0 Å². The molecule has 1 aliphatic heterocycles. The van der Waals surface area contributed by atoms with E-state index in [1.54, 1.807) is 13.2 Å². The number of carbonyl (C=O) groups is 1. The number of rotatable bonds is 4. The number of carbonyl (C=O) groups excluding carboxylic acids is 1. The van der Waals surface area contributed by atoms with E-state index in [0.717, 1.165) is 17.9 Å². The van der Waals surface area contributed by atoms with Crippen LogP contribution in [0.2, 0.25) is 0 Å². The molecule has 0 saturated heterocycles. The average molecular weight is 286 g/mol. The molecule has 0 saturated carbocycles. The van der Waals surface area contributed by atoms with Crippen molar-refractivity contribution in [1.82, 2.24) is 0 Å². The molecule has 2 N–H and O–H groups in total. The molecule has 2 unspecified atom stereocenters. The minimum Gasteiger partial charge on any atom is -0.479 e. The number of anilines is 2. The van der Waals surface area contributed by atoms with E-state index >= 15 is 0 Å². The second-order valence-electron chi connectivity index (χ2n) is 5.29. The van der Waals surface area contributed by atoms with Crippen LogP contribution >= 0.6 is 0 Å². The van der Waals surface area contributed by atoms with Crippen LogP contribution in [0.4, 0.5) is 11.4 Å². The molecule has 1 aliphatic rings. The molecule has 110 valence electrons. The normalized spacial score (nSPS) is 18.4. The first-order chi connectivity index (χ1) is 10.1. The average Bonchev–Trinajstić information content (AvgIpc) is 2.93. The molecule has 1 amide bonds. The highest BCUT2D eigenvalue weighted by Crippen LogP contribution is 2.32. The highest BCUT2D eigenvalue weighted by molar-refractivity contribution is 5.98. The van der Waals surface area contributed by atoms with Crippen LogP contribution in [0.3, 0.4) is 0 Å². The van der Waals surface area contributed by atoms with Crippen molar-refractivity contribution in [3.05, 3.63) is 42.4 Å². The van der Waals surface area contributed by atoms with Gasteiger partial charge < -0.3 is 19.8 Å². The Morgan fingerprint density at radius 1 is 1.38 bits per heavy atom. The van der Waals surface area contributed by atoms with Crippen molar-refractivity contribution < 1.29 is 13.9 Å². The Bertz CT molecular complexity index is 637. The summed E-state index contributed by atoms with van der Waals surface area (Å²) in [6.45, 7) is 3.81. The van der Waals surface area contributed by atoms with E-state index in [-0.39, 0.29) is 11.9 Å². The molecule has 0 aliphatic carbocycles. The number of benzene rings is 1. The maximum atomic E-state index is 11.6. The van der Waals surface area contributed by atoms with E-state index in [4.69, 9.17) is 9.15 Å². The summed E-state index contributed by atoms with van der Waals surface area (Å²) in [6.07, 6.45) is 2.02. The minimum absolute atomic E-state index is 0.122. The molecule has 21 heavy (non-hydrogen) atoms. The molecular formula is C16H18N2O3. The SMILES string of the molecule is CC(Cc1ccco1)Nc1ccc2c(c1)NC(=O)C(C)O2. The lowest BCUT2D eigenvalue weighted by molar-refractivity contribution is -0.122. The van der Waals surface area contributed by atoms with Crippen molar-refractivity contribution in [2.45, 2.75) is 32.4 Å². The zero-order chi connectivity index (χ0) is 14.8. The highest BCUT2D eigenvalue weighted by atomic mass is 16.5. The van der Waals surface area contributed by atoms with Gasteiger partial charge in [0.15, 0.2) is 6.10 Å². The third-order valence-electron chi connectivity index (χ3n) is 3.41. The van der Waals surface area contributed by atoms with Gasteiger partial charge in [0, 0.05) is 18.2 Å². The Morgan fingerprint density at radius 2 is 2.24 bits per heavy atom. The van der Waals surface area contributed by atoms with Gasteiger partial charge in [-0.2, -0.15) is 0 Å². The maximum Gasteiger partial charge on any atom is 0.265 e. The van der Waals surface area contributed by atoms with Crippen molar-refractivity contribution in [1.29, 1.82) is 0 Å². The van der Waals surface area contributed by atoms with E-state index in [1.807, 2.05) is 30.3 Å². The van der Waals surface area contributed by atoms with Crippen LogP contribution in [0, 0.1) is 0 Å². The lowest BCUT2D eigenvalue weighted by Gasteiger charge is -2.24. The number of furan rings is 1. The van der Waals surface area contributed by atoms with Gasteiger partial charge in [-0.15, -0.1) is 0 Å². The molecule has 0 radical (unpaired) electrons. The van der Waals surface area contributed by atoms with Gasteiger partial charge in [-0.3, -0.25) is 4.79 Å². The van der Waals surface area contributed by atoms with Gasteiger partial charge in [0.05, 0.1) is 12.0 Å². The summed E-state index contributed by atoms with van der Waals surface area (Å²) in [4.78, 5) is 11.6. The molecule has 2 atom stereocenters. The zero-order valence-electron chi connectivity index (χ0n) is 12.1. The topological polar surface area (TPSA) is 63.5 Å². The summed E-state index contributed by atoms with van der Waals surface area (Å²) >= 11 is 0. The first kappa shape index (κ1) is 13.5. The predicted octanol–water partition coefficient (Wildman–Crippen LogP) is 3.04. The number of hydrogen-bond donors (Lipinski definition) is 2. The summed E-state index contributed by atoms with van der Waals surface area (Å²) in [5, 5.41) is 6.24. The zero-order valence-corrected chi connectivity index (χ0v) is 12.1. The van der Waals surface area contributed by atoms with E-state index in [1.165, 1.54) is 0 Å². The molecule has 2 aromatic rings. The number of amides is 1. The van der Waals surface area contributed by atoms with Crippen LogP contribution in [-0.4, -0.2) is 18.1 Å². The van der Waals surface area contributed by atoms with E-state index in [9.17, 15) is 4.79 Å². The fourth-order valence-corrected chi connectivity index (χ4v) is 2.36. The summed E-state index contributed by atoms with van der Waals surface area (Å²) in [7, 11) is 0. The second-order valence-corrected chi connectivity index (χ2v) is 5.29. The number of nitrogens with one attached hydrogen (secondary N) is 2. The first-order valence-electron chi connectivity index (χ1n) is 7.02. The largest absolute Gasteiger partial charge is 0.479 e. The lowest BCUT2D eigenvalue weighted by atomic mass is 10.1. The molecule has 5 nitrogen and oxygen atoms in total. The van der Waals surface area contributed by atoms with Crippen molar-refractivity contribution in [2.75, 3.05) is 10.6 Å². The summed E-state index contributed by atoms with van der Waals surface area (Å²) < 4.78 is 10.9. The fourth-order valence-electron chi connectivity index (χ4n) is 2.36. The van der Waals surface area contributed by atoms with Crippen LogP contribution in [-0.2, 0) is 11.2 Å². The third kappa shape index (κ3) is 3.02. The molecule has 5 heteroatoms. The van der Waals surface area contributed by atoms with E-state index < -0.39 is 6.10 Å².